The van der Waals surface area contributed by atoms with Gasteiger partial charge in [-0.1, -0.05) is 0 Å². The Bertz CT molecular complexity index is 1120. The summed E-state index contributed by atoms with van der Waals surface area (Å²) in [5.41, 5.74) is 11.5. The summed E-state index contributed by atoms with van der Waals surface area (Å²) in [6.45, 7) is 0. The van der Waals surface area contributed by atoms with E-state index in [0.717, 1.165) is 0 Å². The van der Waals surface area contributed by atoms with Gasteiger partial charge in [-0.05, 0) is 6.42 Å². The van der Waals surface area contributed by atoms with Gasteiger partial charge in [0.15, 0.2) is 0 Å². The molecule has 4 atom stereocenters. The number of nitrogens with zero attached hydrogens (tertiary/aromatic N) is 2. The number of nitrogens with one attached hydrogen (secondary N) is 5. The number of nitrogens with two attached hydrogens (primary N) is 2. The van der Waals surface area contributed by atoms with Crippen LogP contribution >= 0.6 is 0 Å². The number of rotatable bonds is 16. The maximum atomic E-state index is 13.1. The highest BCUT2D eigenvalue weighted by Gasteiger charge is 2.31. The highest BCUT2D eigenvalue weighted by molar-refractivity contribution is 5.95. The summed E-state index contributed by atoms with van der Waals surface area (Å²) in [7, 11) is 0. The number of carboxylic acid groups (broad SMARTS) is 2. The van der Waals surface area contributed by atoms with Gasteiger partial charge in [0, 0.05) is 43.0 Å². The zero-order valence-corrected chi connectivity index (χ0v) is 20.0. The van der Waals surface area contributed by atoms with E-state index in [4.69, 9.17) is 16.6 Å². The van der Waals surface area contributed by atoms with Crippen molar-refractivity contribution in [3.8, 4) is 0 Å². The Morgan fingerprint density at radius 2 is 1.32 bits per heavy atom. The van der Waals surface area contributed by atoms with E-state index in [0.29, 0.717) is 11.4 Å². The monoisotopic (exact) mass is 535 g/mol. The number of carbonyl (C=O) groups is 6. The summed E-state index contributed by atoms with van der Waals surface area (Å²) in [6, 6.07) is -5.57. The number of hydrogen-bond donors (Lipinski definition) is 9. The predicted octanol–water partition coefficient (Wildman–Crippen LogP) is -3.48. The molecule has 2 aromatic rings. The smallest absolute Gasteiger partial charge is 0.326 e. The van der Waals surface area contributed by atoms with Gasteiger partial charge in [-0.15, -0.1) is 0 Å². The van der Waals surface area contributed by atoms with Gasteiger partial charge in [-0.25, -0.2) is 14.8 Å². The fourth-order valence-corrected chi connectivity index (χ4v) is 3.31. The van der Waals surface area contributed by atoms with E-state index in [1.54, 1.807) is 0 Å². The average molecular weight is 536 g/mol. The molecule has 17 nitrogen and oxygen atoms in total. The molecule has 0 aliphatic carbocycles. The molecule has 2 rings (SSSR count). The van der Waals surface area contributed by atoms with Crippen molar-refractivity contribution < 1.29 is 39.0 Å². The quantitative estimate of drug-likeness (QED) is 0.102. The van der Waals surface area contributed by atoms with E-state index in [9.17, 15) is 33.9 Å². The third-order valence-corrected chi connectivity index (χ3v) is 5.24. The molecule has 4 amide bonds. The molecule has 0 saturated heterocycles. The van der Waals surface area contributed by atoms with Gasteiger partial charge in [0.05, 0.1) is 25.1 Å². The first kappa shape index (κ1) is 29.4. The van der Waals surface area contributed by atoms with Crippen LogP contribution in [0.4, 0.5) is 0 Å². The maximum Gasteiger partial charge on any atom is 0.326 e. The topological polar surface area (TPSA) is 288 Å². The number of aromatic nitrogens is 4. The zero-order valence-electron chi connectivity index (χ0n) is 20.0. The van der Waals surface area contributed by atoms with E-state index in [1.807, 2.05) is 0 Å². The van der Waals surface area contributed by atoms with Crippen LogP contribution in [0.2, 0.25) is 0 Å². The van der Waals surface area contributed by atoms with E-state index >= 15 is 0 Å². The van der Waals surface area contributed by atoms with E-state index in [2.05, 4.69) is 35.9 Å². The second-order valence-electron chi connectivity index (χ2n) is 8.29. The van der Waals surface area contributed by atoms with E-state index < -0.39 is 72.6 Å². The van der Waals surface area contributed by atoms with Crippen LogP contribution in [0.1, 0.15) is 30.7 Å². The third-order valence-electron chi connectivity index (χ3n) is 5.24. The van der Waals surface area contributed by atoms with E-state index in [1.165, 1.54) is 25.0 Å². The van der Waals surface area contributed by atoms with Crippen molar-refractivity contribution in [1.29, 1.82) is 0 Å². The predicted molar refractivity (Wildman–Crippen MR) is 127 cm³/mol. The number of primary amides is 1. The molecule has 0 aliphatic heterocycles. The van der Waals surface area contributed by atoms with Crippen molar-refractivity contribution in [2.75, 3.05) is 0 Å². The Kier molecular flexibility index (Phi) is 10.9. The number of aromatic amines is 2. The van der Waals surface area contributed by atoms with Crippen LogP contribution in [0.25, 0.3) is 0 Å². The molecule has 17 heteroatoms. The summed E-state index contributed by atoms with van der Waals surface area (Å²) in [6.07, 6.45) is 3.78. The first-order valence-corrected chi connectivity index (χ1v) is 11.3. The number of imidazole rings is 2. The number of hydrogen-bond acceptors (Lipinski definition) is 9. The Balaban J connectivity index is 2.20. The number of H-pyrrole nitrogens is 2. The van der Waals surface area contributed by atoms with Gasteiger partial charge in [-0.2, -0.15) is 0 Å². The molecule has 0 bridgehead atoms. The summed E-state index contributed by atoms with van der Waals surface area (Å²) >= 11 is 0. The summed E-state index contributed by atoms with van der Waals surface area (Å²) in [5, 5.41) is 25.6. The van der Waals surface area contributed by atoms with Crippen LogP contribution in [0.3, 0.4) is 0 Å². The lowest BCUT2D eigenvalue weighted by Gasteiger charge is -2.24. The maximum absolute atomic E-state index is 13.1. The molecule has 38 heavy (non-hydrogen) atoms. The molecule has 0 spiro atoms. The molecule has 2 heterocycles. The Labute approximate surface area is 215 Å². The van der Waals surface area contributed by atoms with Gasteiger partial charge >= 0.3 is 11.9 Å². The van der Waals surface area contributed by atoms with E-state index in [-0.39, 0.29) is 19.3 Å². The van der Waals surface area contributed by atoms with Gasteiger partial charge in [-0.3, -0.25) is 24.0 Å². The highest BCUT2D eigenvalue weighted by atomic mass is 16.4. The summed E-state index contributed by atoms with van der Waals surface area (Å²) in [5.74, 6) is -6.20. The summed E-state index contributed by atoms with van der Waals surface area (Å²) < 4.78 is 0. The molecular weight excluding hydrogens is 506 g/mol. The van der Waals surface area contributed by atoms with Crippen LogP contribution in [0, 0.1) is 0 Å². The lowest BCUT2D eigenvalue weighted by molar-refractivity contribution is -0.142. The van der Waals surface area contributed by atoms with Gasteiger partial charge in [0.2, 0.25) is 23.6 Å². The number of aliphatic carboxylic acids is 2. The Hall–Kier alpha value is -4.80. The minimum Gasteiger partial charge on any atom is -0.481 e. The zero-order chi connectivity index (χ0) is 28.2. The van der Waals surface area contributed by atoms with Crippen LogP contribution in [0.15, 0.2) is 25.0 Å². The molecule has 4 unspecified atom stereocenters. The van der Waals surface area contributed by atoms with Crippen LogP contribution < -0.4 is 27.4 Å². The molecule has 0 aromatic carbocycles. The van der Waals surface area contributed by atoms with Crippen molar-refractivity contribution in [1.82, 2.24) is 35.9 Å². The minimum absolute atomic E-state index is 0.124. The molecule has 11 N–H and O–H groups in total. The van der Waals surface area contributed by atoms with Crippen LogP contribution in [0.5, 0.6) is 0 Å². The molecule has 2 aromatic heterocycles. The van der Waals surface area contributed by atoms with Gasteiger partial charge in [0.1, 0.15) is 18.1 Å². The Morgan fingerprint density at radius 3 is 1.79 bits per heavy atom. The standard InChI is InChI=1S/C21H29N9O8/c22-12(5-16(23)31)18(34)28-13(1-2-17(32)33)19(35)29-14(3-10-6-24-8-26-10)20(36)30-15(21(37)38)4-11-7-25-9-27-11/h6-9,12-15H,1-5,22H2,(H2,23,31)(H,24,26)(H,25,27)(H,28,34)(H,29,35)(H,30,36)(H,32,33)(H,37,38). The molecule has 206 valence electrons. The minimum atomic E-state index is -1.45. The normalized spacial score (nSPS) is 13.9. The summed E-state index contributed by atoms with van der Waals surface area (Å²) in [4.78, 5) is 85.5. The molecular formula is C21H29N9O8. The number of carboxylic acids is 2. The lowest BCUT2D eigenvalue weighted by atomic mass is 10.1. The third kappa shape index (κ3) is 9.69. The first-order valence-electron chi connectivity index (χ1n) is 11.3. The van der Waals surface area contributed by atoms with Crippen LogP contribution in [-0.4, -0.2) is 89.9 Å². The average Bonchev–Trinajstić information content (AvgIpc) is 3.54. The van der Waals surface area contributed by atoms with Gasteiger partial charge < -0.3 is 47.6 Å². The highest BCUT2D eigenvalue weighted by Crippen LogP contribution is 2.06. The van der Waals surface area contributed by atoms with Crippen molar-refractivity contribution >= 4 is 35.6 Å². The van der Waals surface area contributed by atoms with Crippen molar-refractivity contribution in [3.63, 3.8) is 0 Å². The van der Waals surface area contributed by atoms with Crippen molar-refractivity contribution in [2.45, 2.75) is 56.3 Å². The second kappa shape index (κ2) is 14.1. The van der Waals surface area contributed by atoms with Crippen molar-refractivity contribution in [2.24, 2.45) is 11.5 Å². The number of carbonyl (C=O) groups excluding carboxylic acids is 4. The fourth-order valence-electron chi connectivity index (χ4n) is 3.31. The first-order chi connectivity index (χ1) is 18.0. The van der Waals surface area contributed by atoms with Gasteiger partial charge in [0.25, 0.3) is 0 Å². The Morgan fingerprint density at radius 1 is 0.816 bits per heavy atom. The number of amides is 4. The molecule has 0 radical (unpaired) electrons. The second-order valence-corrected chi connectivity index (χ2v) is 8.29. The molecule has 0 fully saturated rings. The largest absolute Gasteiger partial charge is 0.481 e. The molecule has 0 saturated carbocycles. The van der Waals surface area contributed by atoms with Crippen LogP contribution in [-0.2, 0) is 41.6 Å². The van der Waals surface area contributed by atoms with Crippen molar-refractivity contribution in [3.05, 3.63) is 36.4 Å². The fraction of sp³-hybridized carbons (Fsp3) is 0.429. The SMILES string of the molecule is NC(=O)CC(N)C(=O)NC(CCC(=O)O)C(=O)NC(Cc1cnc[nH]1)C(=O)NC(Cc1cnc[nH]1)C(=O)O. The lowest BCUT2D eigenvalue weighted by Crippen LogP contribution is -2.58. The molecule has 0 aliphatic rings.